The molecule has 0 saturated heterocycles. The Morgan fingerprint density at radius 3 is 3.22 bits per heavy atom. The van der Waals surface area contributed by atoms with Gasteiger partial charge in [0.1, 0.15) is 0 Å². The minimum atomic E-state index is 0.329. The second-order valence-corrected chi connectivity index (χ2v) is 1.97. The summed E-state index contributed by atoms with van der Waals surface area (Å²) in [5.41, 5.74) is 5.30. The number of hydrogen-bond donors (Lipinski definition) is 1. The van der Waals surface area contributed by atoms with Crippen molar-refractivity contribution in [3.63, 3.8) is 0 Å². The minimum Gasteiger partial charge on any atom is -0.368 e. The van der Waals surface area contributed by atoms with Crippen molar-refractivity contribution < 1.29 is 0 Å². The van der Waals surface area contributed by atoms with Crippen molar-refractivity contribution in [2.45, 2.75) is 6.92 Å². The maximum absolute atomic E-state index is 5.30. The van der Waals surface area contributed by atoms with Gasteiger partial charge in [-0.3, -0.25) is 0 Å². The molecule has 1 atom stereocenters. The van der Waals surface area contributed by atoms with Gasteiger partial charge in [-0.15, -0.1) is 0 Å². The highest BCUT2D eigenvalue weighted by molar-refractivity contribution is 5.88. The van der Waals surface area contributed by atoms with Crippen molar-refractivity contribution in [3.05, 3.63) is 12.3 Å². The number of nitrogens with two attached hydrogens (primary N) is 1. The van der Waals surface area contributed by atoms with E-state index in [1.807, 2.05) is 13.0 Å². The Morgan fingerprint density at radius 2 is 2.44 bits per heavy atom. The fourth-order valence-corrected chi connectivity index (χ4v) is 0.532. The monoisotopic (exact) mass is 123 g/mol. The summed E-state index contributed by atoms with van der Waals surface area (Å²) in [5.74, 6) is 0.672. The predicted octanol–water partition coefficient (Wildman–Crippen LogP) is 0.535. The van der Waals surface area contributed by atoms with Gasteiger partial charge in [-0.05, 0) is 0 Å². The molecule has 48 valence electrons. The molecular formula is C6H9N3. The highest BCUT2D eigenvalue weighted by Gasteiger charge is 1.93. The van der Waals surface area contributed by atoms with Crippen molar-refractivity contribution in [1.82, 2.24) is 0 Å². The zero-order valence-corrected chi connectivity index (χ0v) is 5.28. The van der Waals surface area contributed by atoms with Gasteiger partial charge in [0, 0.05) is 18.3 Å². The summed E-state index contributed by atoms with van der Waals surface area (Å²) in [7, 11) is 0. The second kappa shape index (κ2) is 2.44. The van der Waals surface area contributed by atoms with Crippen LogP contribution in [-0.4, -0.2) is 12.2 Å². The third kappa shape index (κ3) is 1.68. The summed E-state index contributed by atoms with van der Waals surface area (Å²) in [6.45, 7) is 2.02. The Balaban J connectivity index is 2.75. The lowest BCUT2D eigenvalue weighted by molar-refractivity contribution is 1.03. The quantitative estimate of drug-likeness (QED) is 0.502. The average molecular weight is 123 g/mol. The van der Waals surface area contributed by atoms with E-state index in [1.54, 1.807) is 12.4 Å². The first-order chi connectivity index (χ1) is 4.29. The molecule has 1 heterocycles. The first-order valence-corrected chi connectivity index (χ1v) is 2.83. The van der Waals surface area contributed by atoms with Crippen molar-refractivity contribution in [3.8, 4) is 0 Å². The smallest absolute Gasteiger partial charge is 0.219 e. The number of aliphatic imine (C=N–C) groups is 2. The van der Waals surface area contributed by atoms with Gasteiger partial charge in [-0.1, -0.05) is 13.0 Å². The largest absolute Gasteiger partial charge is 0.368 e. The predicted molar refractivity (Wildman–Crippen MR) is 38.4 cm³/mol. The topological polar surface area (TPSA) is 50.7 Å². The Labute approximate surface area is 54.0 Å². The van der Waals surface area contributed by atoms with E-state index in [-0.39, 0.29) is 0 Å². The van der Waals surface area contributed by atoms with E-state index < -0.39 is 0 Å². The summed E-state index contributed by atoms with van der Waals surface area (Å²) in [4.78, 5) is 7.63. The van der Waals surface area contributed by atoms with E-state index in [9.17, 15) is 0 Å². The maximum atomic E-state index is 5.30. The van der Waals surface area contributed by atoms with Crippen LogP contribution in [-0.2, 0) is 0 Å². The van der Waals surface area contributed by atoms with Crippen molar-refractivity contribution in [1.29, 1.82) is 0 Å². The normalized spacial score (nSPS) is 25.4. The summed E-state index contributed by atoms with van der Waals surface area (Å²) in [5, 5.41) is 0. The zero-order chi connectivity index (χ0) is 6.69. The van der Waals surface area contributed by atoms with E-state index in [4.69, 9.17) is 5.73 Å². The van der Waals surface area contributed by atoms with Crippen LogP contribution in [0.4, 0.5) is 0 Å². The highest BCUT2D eigenvalue weighted by atomic mass is 15.0. The molecule has 3 heteroatoms. The average Bonchev–Trinajstić information content (AvgIpc) is 1.97. The Morgan fingerprint density at radius 1 is 1.67 bits per heavy atom. The van der Waals surface area contributed by atoms with Gasteiger partial charge < -0.3 is 5.73 Å². The van der Waals surface area contributed by atoms with Crippen LogP contribution >= 0.6 is 0 Å². The molecule has 2 N–H and O–H groups in total. The lowest BCUT2D eigenvalue weighted by atomic mass is 10.2. The Kier molecular flexibility index (Phi) is 1.63. The molecule has 1 rings (SSSR count). The van der Waals surface area contributed by atoms with Crippen LogP contribution in [0.15, 0.2) is 22.3 Å². The van der Waals surface area contributed by atoms with Crippen LogP contribution < -0.4 is 5.73 Å². The number of allylic oxidation sites excluding steroid dienone is 1. The van der Waals surface area contributed by atoms with Gasteiger partial charge in [0.25, 0.3) is 0 Å². The van der Waals surface area contributed by atoms with Gasteiger partial charge in [0.2, 0.25) is 5.96 Å². The molecule has 0 aromatic carbocycles. The molecule has 0 spiro atoms. The van der Waals surface area contributed by atoms with E-state index in [1.165, 1.54) is 0 Å². The summed E-state index contributed by atoms with van der Waals surface area (Å²) < 4.78 is 0. The number of rotatable bonds is 0. The Bertz CT molecular complexity index is 179. The SMILES string of the molecule is CC1C=CN=C(N)N=C1. The van der Waals surface area contributed by atoms with Crippen LogP contribution in [0.25, 0.3) is 0 Å². The maximum Gasteiger partial charge on any atom is 0.219 e. The molecule has 0 saturated carbocycles. The first kappa shape index (κ1) is 6.01. The summed E-state index contributed by atoms with van der Waals surface area (Å²) >= 11 is 0. The zero-order valence-electron chi connectivity index (χ0n) is 5.28. The fourth-order valence-electron chi connectivity index (χ4n) is 0.532. The second-order valence-electron chi connectivity index (χ2n) is 1.97. The molecule has 3 nitrogen and oxygen atoms in total. The lowest BCUT2D eigenvalue weighted by Crippen LogP contribution is -2.07. The van der Waals surface area contributed by atoms with Crippen molar-refractivity contribution >= 4 is 12.2 Å². The van der Waals surface area contributed by atoms with Crippen molar-refractivity contribution in [2.24, 2.45) is 21.6 Å². The highest BCUT2D eigenvalue weighted by Crippen LogP contribution is 1.96. The molecule has 1 unspecified atom stereocenters. The molecule has 0 aliphatic carbocycles. The summed E-state index contributed by atoms with van der Waals surface area (Å²) in [6.07, 6.45) is 5.37. The molecule has 1 aliphatic heterocycles. The number of guanidine groups is 1. The van der Waals surface area contributed by atoms with Crippen molar-refractivity contribution in [2.75, 3.05) is 0 Å². The standard InChI is InChI=1S/C6H9N3/c1-5-2-3-8-6(7)9-4-5/h2-5H,1H3,(H2,7,8). The number of hydrogen-bond acceptors (Lipinski definition) is 3. The fraction of sp³-hybridized carbons (Fsp3) is 0.333. The first-order valence-electron chi connectivity index (χ1n) is 2.83. The van der Waals surface area contributed by atoms with Gasteiger partial charge >= 0.3 is 0 Å². The van der Waals surface area contributed by atoms with E-state index in [0.29, 0.717) is 11.9 Å². The van der Waals surface area contributed by atoms with Crippen LogP contribution in [0.2, 0.25) is 0 Å². The molecule has 0 bridgehead atoms. The lowest BCUT2D eigenvalue weighted by Gasteiger charge is -1.89. The van der Waals surface area contributed by atoms with Gasteiger partial charge in [0.05, 0.1) is 0 Å². The van der Waals surface area contributed by atoms with Crippen LogP contribution in [0.3, 0.4) is 0 Å². The summed E-state index contributed by atoms with van der Waals surface area (Å²) in [6, 6.07) is 0. The third-order valence-corrected chi connectivity index (χ3v) is 1.04. The van der Waals surface area contributed by atoms with Gasteiger partial charge in [-0.25, -0.2) is 9.98 Å². The third-order valence-electron chi connectivity index (χ3n) is 1.04. The number of nitrogens with zero attached hydrogens (tertiary/aromatic N) is 2. The molecule has 0 amide bonds. The molecule has 0 aromatic rings. The van der Waals surface area contributed by atoms with Crippen LogP contribution in [0.5, 0.6) is 0 Å². The van der Waals surface area contributed by atoms with E-state index in [2.05, 4.69) is 9.98 Å². The van der Waals surface area contributed by atoms with E-state index >= 15 is 0 Å². The molecule has 0 aromatic heterocycles. The van der Waals surface area contributed by atoms with Crippen LogP contribution in [0, 0.1) is 5.92 Å². The van der Waals surface area contributed by atoms with Gasteiger partial charge in [0.15, 0.2) is 0 Å². The minimum absolute atomic E-state index is 0.329. The molecule has 0 fully saturated rings. The van der Waals surface area contributed by atoms with E-state index in [0.717, 1.165) is 0 Å². The molecular weight excluding hydrogens is 114 g/mol. The van der Waals surface area contributed by atoms with Gasteiger partial charge in [-0.2, -0.15) is 0 Å². The van der Waals surface area contributed by atoms with Crippen LogP contribution in [0.1, 0.15) is 6.92 Å². The Hall–Kier alpha value is -1.12. The molecule has 0 radical (unpaired) electrons. The molecule has 1 aliphatic rings. The molecule has 9 heavy (non-hydrogen) atoms.